The standard InChI is InChI=1S/C8H18N2O2/c1-4-5-6(10(2)3)7(9)8(11)12/h6-7H,4-5,9H2,1-3H3,(H,11,12). The Balaban J connectivity index is 4.18. The summed E-state index contributed by atoms with van der Waals surface area (Å²) >= 11 is 0. The summed E-state index contributed by atoms with van der Waals surface area (Å²) in [5.74, 6) is -0.929. The number of hydrogen-bond acceptors (Lipinski definition) is 3. The van der Waals surface area contributed by atoms with Gasteiger partial charge in [-0.25, -0.2) is 0 Å². The van der Waals surface area contributed by atoms with E-state index in [1.54, 1.807) is 0 Å². The molecule has 0 aromatic carbocycles. The van der Waals surface area contributed by atoms with Gasteiger partial charge < -0.3 is 15.7 Å². The number of nitrogens with zero attached hydrogens (tertiary/aromatic N) is 1. The average Bonchev–Trinajstić information content (AvgIpc) is 1.98. The fraction of sp³-hybridized carbons (Fsp3) is 0.875. The minimum absolute atomic E-state index is 0.0625. The average molecular weight is 174 g/mol. The lowest BCUT2D eigenvalue weighted by Gasteiger charge is -2.26. The molecule has 0 heterocycles. The molecule has 0 bridgehead atoms. The number of hydrogen-bond donors (Lipinski definition) is 2. The van der Waals surface area contributed by atoms with Gasteiger partial charge in [-0.2, -0.15) is 0 Å². The van der Waals surface area contributed by atoms with Crippen molar-refractivity contribution < 1.29 is 9.90 Å². The third-order valence-electron chi connectivity index (χ3n) is 1.95. The smallest absolute Gasteiger partial charge is 0.322 e. The van der Waals surface area contributed by atoms with Crippen molar-refractivity contribution in [2.75, 3.05) is 14.1 Å². The van der Waals surface area contributed by atoms with E-state index in [0.29, 0.717) is 0 Å². The molecule has 0 saturated carbocycles. The van der Waals surface area contributed by atoms with E-state index in [-0.39, 0.29) is 6.04 Å². The quantitative estimate of drug-likeness (QED) is 0.621. The van der Waals surface area contributed by atoms with Crippen molar-refractivity contribution in [1.29, 1.82) is 0 Å². The lowest BCUT2D eigenvalue weighted by atomic mass is 10.0. The van der Waals surface area contributed by atoms with Gasteiger partial charge in [0.2, 0.25) is 0 Å². The molecule has 4 nitrogen and oxygen atoms in total. The fourth-order valence-corrected chi connectivity index (χ4v) is 1.22. The van der Waals surface area contributed by atoms with Crippen LogP contribution < -0.4 is 5.73 Å². The maximum Gasteiger partial charge on any atom is 0.322 e. The summed E-state index contributed by atoms with van der Waals surface area (Å²) < 4.78 is 0. The summed E-state index contributed by atoms with van der Waals surface area (Å²) in [6.45, 7) is 2.02. The zero-order chi connectivity index (χ0) is 9.72. The van der Waals surface area contributed by atoms with Crippen molar-refractivity contribution in [2.45, 2.75) is 31.8 Å². The Labute approximate surface area is 73.3 Å². The summed E-state index contributed by atoms with van der Waals surface area (Å²) in [6.07, 6.45) is 1.77. The van der Waals surface area contributed by atoms with Gasteiger partial charge in [-0.15, -0.1) is 0 Å². The molecule has 4 heteroatoms. The molecule has 0 aromatic heterocycles. The Bertz CT molecular complexity index is 148. The minimum Gasteiger partial charge on any atom is -0.480 e. The SMILES string of the molecule is CCCC(C(N)C(=O)O)N(C)C. The first kappa shape index (κ1) is 11.4. The van der Waals surface area contributed by atoms with Crippen LogP contribution in [0.3, 0.4) is 0 Å². The largest absolute Gasteiger partial charge is 0.480 e. The molecule has 2 unspecified atom stereocenters. The molecule has 0 aliphatic heterocycles. The Morgan fingerprint density at radius 1 is 1.58 bits per heavy atom. The lowest BCUT2D eigenvalue weighted by molar-refractivity contribution is -0.140. The summed E-state index contributed by atoms with van der Waals surface area (Å²) in [4.78, 5) is 12.4. The van der Waals surface area contributed by atoms with E-state index in [4.69, 9.17) is 10.8 Å². The number of rotatable bonds is 5. The first-order valence-corrected chi connectivity index (χ1v) is 4.15. The van der Waals surface area contributed by atoms with E-state index in [1.807, 2.05) is 25.9 Å². The normalized spacial score (nSPS) is 16.1. The highest BCUT2D eigenvalue weighted by Gasteiger charge is 2.24. The third kappa shape index (κ3) is 3.19. The second kappa shape index (κ2) is 5.11. The number of carboxylic acids is 1. The molecule has 0 saturated heterocycles. The van der Waals surface area contributed by atoms with Gasteiger partial charge in [0.1, 0.15) is 6.04 Å². The number of carboxylic acid groups (broad SMARTS) is 1. The molecule has 0 fully saturated rings. The van der Waals surface area contributed by atoms with Crippen molar-refractivity contribution in [3.63, 3.8) is 0 Å². The molecular formula is C8H18N2O2. The van der Waals surface area contributed by atoms with Crippen LogP contribution in [0.2, 0.25) is 0 Å². The number of likely N-dealkylation sites (N-methyl/N-ethyl adjacent to an activating group) is 1. The van der Waals surface area contributed by atoms with E-state index >= 15 is 0 Å². The molecule has 0 spiro atoms. The van der Waals surface area contributed by atoms with Gasteiger partial charge in [-0.05, 0) is 20.5 Å². The van der Waals surface area contributed by atoms with Crippen molar-refractivity contribution in [2.24, 2.45) is 5.73 Å². The fourth-order valence-electron chi connectivity index (χ4n) is 1.22. The maximum atomic E-state index is 10.6. The summed E-state index contributed by atoms with van der Waals surface area (Å²) in [5, 5.41) is 8.68. The van der Waals surface area contributed by atoms with Crippen LogP contribution in [-0.4, -0.2) is 42.2 Å². The molecule has 72 valence electrons. The first-order chi connectivity index (χ1) is 5.50. The van der Waals surface area contributed by atoms with E-state index in [2.05, 4.69) is 0 Å². The topological polar surface area (TPSA) is 66.6 Å². The predicted molar refractivity (Wildman–Crippen MR) is 48.0 cm³/mol. The minimum atomic E-state index is -0.929. The van der Waals surface area contributed by atoms with Crippen LogP contribution in [0.4, 0.5) is 0 Å². The van der Waals surface area contributed by atoms with Crippen molar-refractivity contribution in [3.8, 4) is 0 Å². The van der Waals surface area contributed by atoms with Gasteiger partial charge in [0.25, 0.3) is 0 Å². The summed E-state index contributed by atoms with van der Waals surface area (Å²) in [6, 6.07) is -0.840. The van der Waals surface area contributed by atoms with E-state index in [0.717, 1.165) is 12.8 Å². The van der Waals surface area contributed by atoms with Gasteiger partial charge in [-0.1, -0.05) is 13.3 Å². The molecule has 2 atom stereocenters. The highest BCUT2D eigenvalue weighted by atomic mass is 16.4. The van der Waals surface area contributed by atoms with Crippen LogP contribution in [0.15, 0.2) is 0 Å². The summed E-state index contributed by atoms with van der Waals surface area (Å²) in [7, 11) is 3.70. The van der Waals surface area contributed by atoms with Crippen LogP contribution in [0, 0.1) is 0 Å². The third-order valence-corrected chi connectivity index (χ3v) is 1.95. The Kier molecular flexibility index (Phi) is 4.85. The molecule has 12 heavy (non-hydrogen) atoms. The monoisotopic (exact) mass is 174 g/mol. The van der Waals surface area contributed by atoms with Crippen molar-refractivity contribution in [3.05, 3.63) is 0 Å². The van der Waals surface area contributed by atoms with Gasteiger partial charge >= 0.3 is 5.97 Å². The number of carbonyl (C=O) groups is 1. The number of aliphatic carboxylic acids is 1. The molecule has 0 aliphatic carbocycles. The van der Waals surface area contributed by atoms with E-state index in [9.17, 15) is 4.79 Å². The van der Waals surface area contributed by atoms with Crippen LogP contribution in [0.5, 0.6) is 0 Å². The second-order valence-corrected chi connectivity index (χ2v) is 3.18. The highest BCUT2D eigenvalue weighted by molar-refractivity contribution is 5.74. The maximum absolute atomic E-state index is 10.6. The highest BCUT2D eigenvalue weighted by Crippen LogP contribution is 2.06. The molecule has 3 N–H and O–H groups in total. The molecule has 0 aliphatic rings. The molecule has 0 rings (SSSR count). The predicted octanol–water partition coefficient (Wildman–Crippen LogP) is 0.129. The van der Waals surface area contributed by atoms with E-state index in [1.165, 1.54) is 0 Å². The van der Waals surface area contributed by atoms with Crippen molar-refractivity contribution in [1.82, 2.24) is 4.90 Å². The van der Waals surface area contributed by atoms with Gasteiger partial charge in [0, 0.05) is 6.04 Å². The van der Waals surface area contributed by atoms with Crippen LogP contribution >= 0.6 is 0 Å². The zero-order valence-corrected chi connectivity index (χ0v) is 7.95. The first-order valence-electron chi connectivity index (χ1n) is 4.15. The van der Waals surface area contributed by atoms with Crippen LogP contribution in [0.1, 0.15) is 19.8 Å². The van der Waals surface area contributed by atoms with Crippen LogP contribution in [-0.2, 0) is 4.79 Å². The number of nitrogens with two attached hydrogens (primary N) is 1. The molecule has 0 aromatic rings. The molecular weight excluding hydrogens is 156 g/mol. The zero-order valence-electron chi connectivity index (χ0n) is 7.95. The Morgan fingerprint density at radius 2 is 2.08 bits per heavy atom. The van der Waals surface area contributed by atoms with Crippen molar-refractivity contribution >= 4 is 5.97 Å². The molecule has 0 amide bonds. The van der Waals surface area contributed by atoms with Gasteiger partial charge in [0.05, 0.1) is 0 Å². The second-order valence-electron chi connectivity index (χ2n) is 3.18. The van der Waals surface area contributed by atoms with E-state index < -0.39 is 12.0 Å². The van der Waals surface area contributed by atoms with Gasteiger partial charge in [-0.3, -0.25) is 4.79 Å². The van der Waals surface area contributed by atoms with Gasteiger partial charge in [0.15, 0.2) is 0 Å². The van der Waals surface area contributed by atoms with Crippen LogP contribution in [0.25, 0.3) is 0 Å². The Morgan fingerprint density at radius 3 is 2.33 bits per heavy atom. The summed E-state index contributed by atoms with van der Waals surface area (Å²) in [5.41, 5.74) is 5.51. The Hall–Kier alpha value is -0.610. The molecule has 0 radical (unpaired) electrons. The lowest BCUT2D eigenvalue weighted by Crippen LogP contribution is -2.49.